The molecule has 0 radical (unpaired) electrons. The van der Waals surface area contributed by atoms with E-state index >= 15 is 0 Å². The van der Waals surface area contributed by atoms with Crippen molar-refractivity contribution in [3.8, 4) is 0 Å². The van der Waals surface area contributed by atoms with Crippen LogP contribution in [0.15, 0.2) is 48.5 Å². The fourth-order valence-corrected chi connectivity index (χ4v) is 6.21. The van der Waals surface area contributed by atoms with Gasteiger partial charge in [0.05, 0.1) is 19.6 Å². The highest BCUT2D eigenvalue weighted by atomic mass is 32.2. The number of Topliss-reactive ketones (excluding diaryl/α,β-unsaturated/α-hetero) is 1. The molecule has 3 N–H and O–H groups in total. The average molecular weight is 556 g/mol. The number of benzene rings is 2. The van der Waals surface area contributed by atoms with Gasteiger partial charge in [-0.1, -0.05) is 53.8 Å². The first-order chi connectivity index (χ1) is 18.1. The third kappa shape index (κ3) is 7.49. The predicted molar refractivity (Wildman–Crippen MR) is 145 cm³/mol. The quantitative estimate of drug-likeness (QED) is 0.167. The molecule has 4 aromatic rings. The number of hydrogen-bond donors (Lipinski definition) is 3. The van der Waals surface area contributed by atoms with Crippen LogP contribution in [0.2, 0.25) is 0 Å². The van der Waals surface area contributed by atoms with Crippen LogP contribution in [0.5, 0.6) is 0 Å². The number of aromatic nitrogens is 4. The molecule has 2 aromatic carbocycles. The lowest BCUT2D eigenvalue weighted by Crippen LogP contribution is -2.14. The van der Waals surface area contributed by atoms with Gasteiger partial charge in [-0.15, -0.1) is 31.7 Å². The summed E-state index contributed by atoms with van der Waals surface area (Å²) < 4.78 is 0. The number of aliphatic hydroxyl groups excluding tert-OH is 2. The molecule has 0 fully saturated rings. The molecule has 1 amide bonds. The summed E-state index contributed by atoms with van der Waals surface area (Å²) in [5.74, 6) is 1.30. The van der Waals surface area contributed by atoms with Crippen molar-refractivity contribution >= 4 is 51.3 Å². The van der Waals surface area contributed by atoms with Gasteiger partial charge in [0.25, 0.3) is 5.91 Å². The zero-order valence-corrected chi connectivity index (χ0v) is 22.2. The second kappa shape index (κ2) is 13.5. The fraction of sp³-hybridized carbons (Fsp3) is 0.280. The van der Waals surface area contributed by atoms with Gasteiger partial charge in [-0.2, -0.15) is 11.8 Å². The highest BCUT2D eigenvalue weighted by molar-refractivity contribution is 7.99. The number of ketones is 1. The summed E-state index contributed by atoms with van der Waals surface area (Å²) in [6.07, 6.45) is 1.65. The SMILES string of the molecule is O=C(Cc1nnc(CCSCCc2nnc(NC(=O)c3ccccc3CO)s2)s1)c1ccccc1CO. The van der Waals surface area contributed by atoms with Gasteiger partial charge < -0.3 is 10.2 Å². The second-order valence-electron chi connectivity index (χ2n) is 7.89. The number of aliphatic hydroxyl groups is 2. The number of nitrogens with one attached hydrogen (secondary N) is 1. The minimum Gasteiger partial charge on any atom is -0.392 e. The second-order valence-corrected chi connectivity index (χ2v) is 11.3. The minimum absolute atomic E-state index is 0.0769. The zero-order valence-electron chi connectivity index (χ0n) is 19.8. The molecule has 0 atom stereocenters. The summed E-state index contributed by atoms with van der Waals surface area (Å²) >= 11 is 4.53. The summed E-state index contributed by atoms with van der Waals surface area (Å²) in [6, 6.07) is 13.9. The number of rotatable bonds is 13. The molecule has 0 aliphatic heterocycles. The molecule has 0 unspecified atom stereocenters. The van der Waals surface area contributed by atoms with Crippen molar-refractivity contribution in [2.75, 3.05) is 16.8 Å². The highest BCUT2D eigenvalue weighted by Gasteiger charge is 2.15. The van der Waals surface area contributed by atoms with Crippen LogP contribution in [0, 0.1) is 0 Å². The molecule has 0 saturated carbocycles. The van der Waals surface area contributed by atoms with Crippen LogP contribution >= 0.6 is 34.4 Å². The maximum absolute atomic E-state index is 12.6. The van der Waals surface area contributed by atoms with Crippen LogP contribution in [-0.4, -0.2) is 53.8 Å². The van der Waals surface area contributed by atoms with Gasteiger partial charge in [0.15, 0.2) is 5.78 Å². The molecule has 2 aromatic heterocycles. The summed E-state index contributed by atoms with van der Waals surface area (Å²) in [4.78, 5) is 25.1. The normalized spacial score (nSPS) is 11.0. The van der Waals surface area contributed by atoms with E-state index in [4.69, 9.17) is 0 Å². The Bertz CT molecular complexity index is 1260. The fourth-order valence-electron chi connectivity index (χ4n) is 3.49. The number of amides is 1. The third-order valence-electron chi connectivity index (χ3n) is 5.35. The molecule has 37 heavy (non-hydrogen) atoms. The van der Waals surface area contributed by atoms with E-state index in [9.17, 15) is 19.8 Å². The maximum Gasteiger partial charge on any atom is 0.257 e. The van der Waals surface area contributed by atoms with Crippen LogP contribution < -0.4 is 5.32 Å². The standard InChI is InChI=1S/C25H25N5O4S3/c31-14-16-5-1-3-7-18(16)20(33)13-23-29-27-21(36-23)9-11-35-12-10-22-28-30-25(37-22)26-24(34)19-8-4-2-6-17(19)15-32/h1-8,31-32H,9-15H2,(H,26,30,34). The summed E-state index contributed by atoms with van der Waals surface area (Å²) in [5.41, 5.74) is 2.11. The monoisotopic (exact) mass is 555 g/mol. The van der Waals surface area contributed by atoms with Crippen molar-refractivity contribution in [2.45, 2.75) is 32.5 Å². The van der Waals surface area contributed by atoms with Gasteiger partial charge in [-0.3, -0.25) is 14.9 Å². The lowest BCUT2D eigenvalue weighted by Gasteiger charge is -2.05. The van der Waals surface area contributed by atoms with Gasteiger partial charge >= 0.3 is 0 Å². The molecule has 0 bridgehead atoms. The first kappa shape index (κ1) is 27.0. The van der Waals surface area contributed by atoms with Crippen molar-refractivity contribution < 1.29 is 19.8 Å². The largest absolute Gasteiger partial charge is 0.392 e. The summed E-state index contributed by atoms with van der Waals surface area (Å²) in [5, 5.41) is 41.0. The number of hydrogen-bond acceptors (Lipinski definition) is 11. The number of nitrogens with zero attached hydrogens (tertiary/aromatic N) is 4. The van der Waals surface area contributed by atoms with E-state index in [2.05, 4.69) is 25.7 Å². The van der Waals surface area contributed by atoms with Crippen LogP contribution in [0.4, 0.5) is 5.13 Å². The van der Waals surface area contributed by atoms with E-state index in [0.29, 0.717) is 32.4 Å². The smallest absolute Gasteiger partial charge is 0.257 e. The molecule has 192 valence electrons. The molecule has 4 rings (SSSR count). The number of thioether (sulfide) groups is 1. The molecular weight excluding hydrogens is 531 g/mol. The van der Waals surface area contributed by atoms with Gasteiger partial charge in [0.1, 0.15) is 15.0 Å². The van der Waals surface area contributed by atoms with E-state index in [0.717, 1.165) is 34.4 Å². The minimum atomic E-state index is -0.322. The first-order valence-electron chi connectivity index (χ1n) is 11.5. The molecular formula is C25H25N5O4S3. The Kier molecular flexibility index (Phi) is 9.85. The maximum atomic E-state index is 12.6. The first-order valence-corrected chi connectivity index (χ1v) is 14.3. The van der Waals surface area contributed by atoms with E-state index < -0.39 is 0 Å². The van der Waals surface area contributed by atoms with Gasteiger partial charge in [-0.05, 0) is 28.7 Å². The number of anilines is 1. The molecule has 2 heterocycles. The Morgan fingerprint density at radius 3 is 2.03 bits per heavy atom. The van der Waals surface area contributed by atoms with E-state index in [1.54, 1.807) is 60.3 Å². The third-order valence-corrected chi connectivity index (χ3v) is 8.22. The van der Waals surface area contributed by atoms with E-state index in [1.807, 2.05) is 0 Å². The van der Waals surface area contributed by atoms with Crippen molar-refractivity contribution in [3.05, 3.63) is 85.8 Å². The lowest BCUT2D eigenvalue weighted by atomic mass is 10.0. The molecule has 0 aliphatic carbocycles. The molecule has 0 spiro atoms. The molecule has 0 saturated heterocycles. The van der Waals surface area contributed by atoms with Gasteiger partial charge in [0.2, 0.25) is 5.13 Å². The zero-order chi connectivity index (χ0) is 26.0. The topological polar surface area (TPSA) is 138 Å². The molecule has 9 nitrogen and oxygen atoms in total. The van der Waals surface area contributed by atoms with Crippen molar-refractivity contribution in [3.63, 3.8) is 0 Å². The Morgan fingerprint density at radius 2 is 1.32 bits per heavy atom. The lowest BCUT2D eigenvalue weighted by molar-refractivity contribution is 0.0987. The van der Waals surface area contributed by atoms with E-state index in [1.165, 1.54) is 22.7 Å². The Balaban J connectivity index is 1.18. The molecule has 12 heteroatoms. The Hall–Kier alpha value is -3.03. The average Bonchev–Trinajstić information content (AvgIpc) is 3.57. The Labute approximate surface area is 226 Å². The summed E-state index contributed by atoms with van der Waals surface area (Å²) in [6.45, 7) is -0.384. The van der Waals surface area contributed by atoms with Crippen molar-refractivity contribution in [1.82, 2.24) is 20.4 Å². The van der Waals surface area contributed by atoms with Crippen LogP contribution in [0.1, 0.15) is 46.9 Å². The number of carbonyl (C=O) groups is 2. The van der Waals surface area contributed by atoms with Crippen molar-refractivity contribution in [1.29, 1.82) is 0 Å². The number of aryl methyl sites for hydroxylation is 2. The van der Waals surface area contributed by atoms with Crippen LogP contribution in [0.25, 0.3) is 0 Å². The number of carbonyl (C=O) groups excluding carboxylic acids is 2. The van der Waals surface area contributed by atoms with E-state index in [-0.39, 0.29) is 31.3 Å². The highest BCUT2D eigenvalue weighted by Crippen LogP contribution is 2.21. The van der Waals surface area contributed by atoms with Crippen LogP contribution in [-0.2, 0) is 32.5 Å². The predicted octanol–water partition coefficient (Wildman–Crippen LogP) is 3.57. The Morgan fingerprint density at radius 1 is 0.757 bits per heavy atom. The van der Waals surface area contributed by atoms with Gasteiger partial charge in [0, 0.05) is 24.0 Å². The summed E-state index contributed by atoms with van der Waals surface area (Å²) in [7, 11) is 0. The van der Waals surface area contributed by atoms with Gasteiger partial charge in [-0.25, -0.2) is 0 Å². The molecule has 0 aliphatic rings. The van der Waals surface area contributed by atoms with Crippen molar-refractivity contribution in [2.24, 2.45) is 0 Å². The van der Waals surface area contributed by atoms with Crippen LogP contribution in [0.3, 0.4) is 0 Å².